The lowest BCUT2D eigenvalue weighted by atomic mass is 10.1. The fourth-order valence-corrected chi connectivity index (χ4v) is 4.86. The van der Waals surface area contributed by atoms with E-state index in [1.165, 1.54) is 89.9 Å². The van der Waals surface area contributed by atoms with Gasteiger partial charge in [0.1, 0.15) is 6.20 Å². The van der Waals surface area contributed by atoms with Crippen molar-refractivity contribution in [3.63, 3.8) is 0 Å². The number of carbonyl (C=O) groups is 1. The van der Waals surface area contributed by atoms with Crippen molar-refractivity contribution in [2.24, 2.45) is 0 Å². The van der Waals surface area contributed by atoms with Crippen molar-refractivity contribution < 1.29 is 9.28 Å². The number of nitrogens with one attached hydrogen (secondary N) is 2. The Morgan fingerprint density at radius 3 is 2.03 bits per heavy atom. The Morgan fingerprint density at radius 2 is 1.48 bits per heavy atom. The van der Waals surface area contributed by atoms with Gasteiger partial charge >= 0.3 is 0 Å². The van der Waals surface area contributed by atoms with Gasteiger partial charge in [-0.15, -0.1) is 0 Å². The molecule has 4 heteroatoms. The van der Waals surface area contributed by atoms with Crippen molar-refractivity contribution in [1.82, 2.24) is 10.6 Å². The van der Waals surface area contributed by atoms with Gasteiger partial charge in [-0.2, -0.15) is 0 Å². The van der Waals surface area contributed by atoms with Crippen molar-refractivity contribution in [2.75, 3.05) is 6.54 Å². The standard InChI is InChI=1S/C27H51N3O/c1-5-7-8-9-10-11-12-13-14-15-16-17-18-19-20-21-22-27-28-23-24-30(27,6-2)25(3)29-26(4)31/h12-13,23-25,27-28H,5-11,14-22H2,1-4H3/p+1/b13-12+. The minimum Gasteiger partial charge on any atom is -0.338 e. The molecule has 4 nitrogen and oxygen atoms in total. The minimum absolute atomic E-state index is 0.0513. The molecule has 0 bridgehead atoms. The zero-order valence-corrected chi connectivity index (χ0v) is 21.1. The lowest BCUT2D eigenvalue weighted by Crippen LogP contribution is -2.62. The normalized spacial score (nSPS) is 21.5. The number of nitrogens with zero attached hydrogens (tertiary/aromatic N) is 1. The van der Waals surface area contributed by atoms with Crippen LogP contribution in [0.15, 0.2) is 24.6 Å². The second-order valence-corrected chi connectivity index (χ2v) is 9.41. The maximum absolute atomic E-state index is 11.5. The number of rotatable bonds is 19. The number of amides is 1. The summed E-state index contributed by atoms with van der Waals surface area (Å²) in [5, 5.41) is 6.64. The molecule has 0 aromatic heterocycles. The second-order valence-electron chi connectivity index (χ2n) is 9.41. The van der Waals surface area contributed by atoms with Crippen LogP contribution in [0.4, 0.5) is 0 Å². The lowest BCUT2D eigenvalue weighted by Gasteiger charge is -2.41. The van der Waals surface area contributed by atoms with Gasteiger partial charge in [0.15, 0.2) is 12.3 Å². The molecule has 0 saturated carbocycles. The first-order chi connectivity index (χ1) is 15.1. The molecule has 3 unspecified atom stereocenters. The van der Waals surface area contributed by atoms with E-state index in [0.29, 0.717) is 6.17 Å². The summed E-state index contributed by atoms with van der Waals surface area (Å²) in [5.74, 6) is 0.0513. The molecule has 0 aliphatic carbocycles. The summed E-state index contributed by atoms with van der Waals surface area (Å²) in [7, 11) is 0. The van der Waals surface area contributed by atoms with E-state index in [9.17, 15) is 4.79 Å². The fourth-order valence-electron chi connectivity index (χ4n) is 4.86. The van der Waals surface area contributed by atoms with Crippen LogP contribution >= 0.6 is 0 Å². The fraction of sp³-hybridized carbons (Fsp3) is 0.815. The number of hydrogen-bond donors (Lipinski definition) is 2. The van der Waals surface area contributed by atoms with E-state index in [-0.39, 0.29) is 12.1 Å². The minimum atomic E-state index is 0.0513. The van der Waals surface area contributed by atoms with Gasteiger partial charge in [-0.3, -0.25) is 9.28 Å². The Balaban J connectivity index is 2.03. The summed E-state index contributed by atoms with van der Waals surface area (Å²) in [6, 6.07) is 0. The number of hydrogen-bond acceptors (Lipinski definition) is 2. The van der Waals surface area contributed by atoms with Crippen LogP contribution in [0.3, 0.4) is 0 Å². The molecule has 31 heavy (non-hydrogen) atoms. The molecule has 1 amide bonds. The van der Waals surface area contributed by atoms with Gasteiger partial charge < -0.3 is 10.6 Å². The van der Waals surface area contributed by atoms with Gasteiger partial charge in [0, 0.05) is 20.3 Å². The van der Waals surface area contributed by atoms with Gasteiger partial charge in [0.25, 0.3) is 0 Å². The van der Waals surface area contributed by atoms with Crippen LogP contribution < -0.4 is 10.6 Å². The molecule has 3 atom stereocenters. The molecule has 1 heterocycles. The SMILES string of the molecule is CCCCCCC/C=C/CCCCCCCCCC1NC=C[N+]1(CC)C(C)NC(C)=O. The van der Waals surface area contributed by atoms with E-state index >= 15 is 0 Å². The third-order valence-electron chi connectivity index (χ3n) is 6.89. The summed E-state index contributed by atoms with van der Waals surface area (Å²) in [6.07, 6.45) is 29.6. The van der Waals surface area contributed by atoms with E-state index in [2.05, 4.69) is 56.0 Å². The molecular weight excluding hydrogens is 382 g/mol. The van der Waals surface area contributed by atoms with Crippen LogP contribution in [0.1, 0.15) is 124 Å². The number of carbonyl (C=O) groups excluding carboxylic acids is 1. The first kappa shape index (κ1) is 27.7. The van der Waals surface area contributed by atoms with Crippen molar-refractivity contribution in [3.8, 4) is 0 Å². The third-order valence-corrected chi connectivity index (χ3v) is 6.89. The molecule has 1 rings (SSSR count). The van der Waals surface area contributed by atoms with Crippen LogP contribution in [0.2, 0.25) is 0 Å². The first-order valence-corrected chi connectivity index (χ1v) is 13.3. The van der Waals surface area contributed by atoms with Crippen LogP contribution in [-0.2, 0) is 4.79 Å². The van der Waals surface area contributed by atoms with Crippen LogP contribution in [0.25, 0.3) is 0 Å². The Kier molecular flexibility index (Phi) is 15.5. The molecule has 2 N–H and O–H groups in total. The van der Waals surface area contributed by atoms with Gasteiger partial charge in [-0.05, 0) is 39.0 Å². The number of unbranched alkanes of at least 4 members (excludes halogenated alkanes) is 12. The zero-order chi connectivity index (χ0) is 22.8. The summed E-state index contributed by atoms with van der Waals surface area (Å²) in [4.78, 5) is 11.5. The van der Waals surface area contributed by atoms with Crippen molar-refractivity contribution in [2.45, 2.75) is 136 Å². The Hall–Kier alpha value is -1.29. The van der Waals surface area contributed by atoms with Crippen molar-refractivity contribution in [1.29, 1.82) is 0 Å². The molecule has 180 valence electrons. The van der Waals surface area contributed by atoms with Crippen molar-refractivity contribution >= 4 is 5.91 Å². The van der Waals surface area contributed by atoms with E-state index in [4.69, 9.17) is 0 Å². The first-order valence-electron chi connectivity index (χ1n) is 13.3. The molecular formula is C27H52N3O+. The monoisotopic (exact) mass is 434 g/mol. The summed E-state index contributed by atoms with van der Waals surface area (Å²) < 4.78 is 0.811. The predicted molar refractivity (Wildman–Crippen MR) is 134 cm³/mol. The molecule has 1 aliphatic rings. The highest BCUT2D eigenvalue weighted by atomic mass is 16.1. The molecule has 0 saturated heterocycles. The average Bonchev–Trinajstić information content (AvgIpc) is 3.17. The van der Waals surface area contributed by atoms with E-state index in [0.717, 1.165) is 17.4 Å². The van der Waals surface area contributed by atoms with Gasteiger partial charge in [-0.25, -0.2) is 0 Å². The van der Waals surface area contributed by atoms with Crippen LogP contribution in [0, 0.1) is 0 Å². The Morgan fingerprint density at radius 1 is 0.935 bits per heavy atom. The van der Waals surface area contributed by atoms with Crippen LogP contribution in [0.5, 0.6) is 0 Å². The smallest absolute Gasteiger partial charge is 0.221 e. The third kappa shape index (κ3) is 11.2. The topological polar surface area (TPSA) is 41.1 Å². The highest BCUT2D eigenvalue weighted by Gasteiger charge is 2.41. The van der Waals surface area contributed by atoms with Crippen molar-refractivity contribution in [3.05, 3.63) is 24.6 Å². The molecule has 1 aliphatic heterocycles. The Bertz CT molecular complexity index is 517. The molecule has 0 aromatic rings. The molecule has 0 radical (unpaired) electrons. The van der Waals surface area contributed by atoms with E-state index in [1.807, 2.05) is 0 Å². The highest BCUT2D eigenvalue weighted by Crippen LogP contribution is 2.26. The summed E-state index contributed by atoms with van der Waals surface area (Å²) in [5.41, 5.74) is 0. The summed E-state index contributed by atoms with van der Waals surface area (Å²) in [6.45, 7) is 9.21. The average molecular weight is 435 g/mol. The molecule has 0 aromatic carbocycles. The van der Waals surface area contributed by atoms with Gasteiger partial charge in [-0.1, -0.05) is 76.9 Å². The van der Waals surface area contributed by atoms with Crippen LogP contribution in [-0.4, -0.2) is 29.3 Å². The quantitative estimate of drug-likeness (QED) is 0.129. The summed E-state index contributed by atoms with van der Waals surface area (Å²) >= 11 is 0. The maximum atomic E-state index is 11.5. The Labute approximate surface area is 193 Å². The molecule has 0 spiro atoms. The second kappa shape index (κ2) is 17.3. The number of quaternary nitrogens is 1. The maximum Gasteiger partial charge on any atom is 0.221 e. The van der Waals surface area contributed by atoms with Gasteiger partial charge in [0.2, 0.25) is 5.91 Å². The number of allylic oxidation sites excluding steroid dienone is 2. The predicted octanol–water partition coefficient (Wildman–Crippen LogP) is 7.13. The highest BCUT2D eigenvalue weighted by molar-refractivity contribution is 5.72. The largest absolute Gasteiger partial charge is 0.338 e. The van der Waals surface area contributed by atoms with E-state index in [1.54, 1.807) is 6.92 Å². The lowest BCUT2D eigenvalue weighted by molar-refractivity contribution is -0.923. The zero-order valence-electron chi connectivity index (χ0n) is 21.1. The molecule has 0 fully saturated rings. The van der Waals surface area contributed by atoms with E-state index < -0.39 is 0 Å². The van der Waals surface area contributed by atoms with Gasteiger partial charge in [0.05, 0.1) is 12.7 Å².